The topological polar surface area (TPSA) is 23.6 Å². The molecule has 0 spiro atoms. The third kappa shape index (κ3) is 2.85. The van der Waals surface area contributed by atoms with E-state index < -0.39 is 0 Å². The molecule has 2 rings (SSSR count). The molecule has 0 radical (unpaired) electrons. The molecule has 1 heterocycles. The highest BCUT2D eigenvalue weighted by molar-refractivity contribution is 6.33. The van der Waals surface area contributed by atoms with Crippen LogP contribution in [0.1, 0.15) is 22.8 Å². The number of aryl methyl sites for hydroxylation is 1. The molecule has 3 nitrogen and oxygen atoms in total. The van der Waals surface area contributed by atoms with Crippen LogP contribution in [0.5, 0.6) is 0 Å². The van der Waals surface area contributed by atoms with Crippen LogP contribution in [0.2, 0.25) is 5.02 Å². The minimum atomic E-state index is 0.0516. The number of piperazine rings is 1. The Labute approximate surface area is 113 Å². The minimum Gasteiger partial charge on any atom is -0.336 e. The first-order chi connectivity index (χ1) is 8.61. The molecule has 0 atom stereocenters. The summed E-state index contributed by atoms with van der Waals surface area (Å²) in [7, 11) is 0. The van der Waals surface area contributed by atoms with E-state index in [9.17, 15) is 4.79 Å². The smallest absolute Gasteiger partial charge is 0.255 e. The zero-order valence-corrected chi connectivity index (χ0v) is 11.7. The summed E-state index contributed by atoms with van der Waals surface area (Å²) < 4.78 is 0. The second-order valence-corrected chi connectivity index (χ2v) is 5.12. The van der Waals surface area contributed by atoms with Gasteiger partial charge in [-0.05, 0) is 31.2 Å². The van der Waals surface area contributed by atoms with Crippen molar-refractivity contribution in [3.05, 3.63) is 34.3 Å². The molecule has 0 unspecified atom stereocenters. The summed E-state index contributed by atoms with van der Waals surface area (Å²) in [6.07, 6.45) is 0. The van der Waals surface area contributed by atoms with Gasteiger partial charge in [0.15, 0.2) is 0 Å². The van der Waals surface area contributed by atoms with Gasteiger partial charge in [-0.25, -0.2) is 0 Å². The van der Waals surface area contributed by atoms with Crippen LogP contribution in [0.4, 0.5) is 0 Å². The number of hydrogen-bond acceptors (Lipinski definition) is 2. The van der Waals surface area contributed by atoms with Gasteiger partial charge in [-0.3, -0.25) is 4.79 Å². The first-order valence-electron chi connectivity index (χ1n) is 6.39. The van der Waals surface area contributed by atoms with Crippen LogP contribution in [-0.2, 0) is 0 Å². The minimum absolute atomic E-state index is 0.0516. The molecule has 98 valence electrons. The summed E-state index contributed by atoms with van der Waals surface area (Å²) in [4.78, 5) is 16.6. The van der Waals surface area contributed by atoms with E-state index in [-0.39, 0.29) is 5.91 Å². The van der Waals surface area contributed by atoms with E-state index in [2.05, 4.69) is 11.8 Å². The third-order valence-corrected chi connectivity index (χ3v) is 3.77. The summed E-state index contributed by atoms with van der Waals surface area (Å²) in [5.41, 5.74) is 1.69. The zero-order valence-electron chi connectivity index (χ0n) is 10.9. The van der Waals surface area contributed by atoms with Gasteiger partial charge in [0, 0.05) is 26.2 Å². The molecule has 0 aliphatic carbocycles. The molecule has 1 fully saturated rings. The number of carbonyl (C=O) groups excluding carboxylic acids is 1. The number of rotatable bonds is 2. The maximum atomic E-state index is 12.3. The van der Waals surface area contributed by atoms with Gasteiger partial charge in [0.05, 0.1) is 10.6 Å². The monoisotopic (exact) mass is 266 g/mol. The van der Waals surface area contributed by atoms with Crippen molar-refractivity contribution in [3.63, 3.8) is 0 Å². The summed E-state index contributed by atoms with van der Waals surface area (Å²) in [5, 5.41) is 0.554. The van der Waals surface area contributed by atoms with Crippen molar-refractivity contribution in [1.29, 1.82) is 0 Å². The zero-order chi connectivity index (χ0) is 13.1. The Kier molecular flexibility index (Phi) is 4.25. The molecule has 1 amide bonds. The lowest BCUT2D eigenvalue weighted by Crippen LogP contribution is -2.48. The molecule has 1 aromatic carbocycles. The lowest BCUT2D eigenvalue weighted by molar-refractivity contribution is 0.0643. The van der Waals surface area contributed by atoms with Gasteiger partial charge < -0.3 is 9.80 Å². The highest BCUT2D eigenvalue weighted by Crippen LogP contribution is 2.20. The Morgan fingerprint density at radius 1 is 1.28 bits per heavy atom. The van der Waals surface area contributed by atoms with Gasteiger partial charge in [-0.1, -0.05) is 24.6 Å². The number of carbonyl (C=O) groups is 1. The highest BCUT2D eigenvalue weighted by Gasteiger charge is 2.22. The standard InChI is InChI=1S/C14H19ClN2O/c1-3-16-6-8-17(9-7-16)14(18)12-5-4-11(2)10-13(12)15/h4-5,10H,3,6-9H2,1-2H3. The average molecular weight is 267 g/mol. The Morgan fingerprint density at radius 2 is 1.94 bits per heavy atom. The van der Waals surface area contributed by atoms with Gasteiger partial charge in [-0.2, -0.15) is 0 Å². The first kappa shape index (κ1) is 13.4. The molecule has 1 saturated heterocycles. The maximum absolute atomic E-state index is 12.3. The van der Waals surface area contributed by atoms with E-state index >= 15 is 0 Å². The van der Waals surface area contributed by atoms with Gasteiger partial charge in [-0.15, -0.1) is 0 Å². The van der Waals surface area contributed by atoms with Crippen molar-refractivity contribution in [2.24, 2.45) is 0 Å². The lowest BCUT2D eigenvalue weighted by atomic mass is 10.1. The van der Waals surface area contributed by atoms with Gasteiger partial charge in [0.25, 0.3) is 5.91 Å². The van der Waals surface area contributed by atoms with E-state index in [1.54, 1.807) is 0 Å². The molecule has 0 N–H and O–H groups in total. The Morgan fingerprint density at radius 3 is 2.50 bits per heavy atom. The predicted octanol–water partition coefficient (Wildman–Crippen LogP) is 2.43. The number of nitrogens with zero attached hydrogens (tertiary/aromatic N) is 2. The molecule has 0 aromatic heterocycles. The van der Waals surface area contributed by atoms with E-state index in [4.69, 9.17) is 11.6 Å². The van der Waals surface area contributed by atoms with Crippen LogP contribution >= 0.6 is 11.6 Å². The van der Waals surface area contributed by atoms with Crippen molar-refractivity contribution in [3.8, 4) is 0 Å². The molecule has 1 aliphatic heterocycles. The molecule has 1 aromatic rings. The molecule has 0 bridgehead atoms. The van der Waals surface area contributed by atoms with E-state index in [0.29, 0.717) is 10.6 Å². The average Bonchev–Trinajstić information content (AvgIpc) is 2.38. The van der Waals surface area contributed by atoms with Crippen LogP contribution in [0.25, 0.3) is 0 Å². The fourth-order valence-corrected chi connectivity index (χ4v) is 2.55. The van der Waals surface area contributed by atoms with Gasteiger partial charge in [0.1, 0.15) is 0 Å². The highest BCUT2D eigenvalue weighted by atomic mass is 35.5. The van der Waals surface area contributed by atoms with Crippen LogP contribution < -0.4 is 0 Å². The quantitative estimate of drug-likeness (QED) is 0.821. The van der Waals surface area contributed by atoms with Crippen molar-refractivity contribution in [2.45, 2.75) is 13.8 Å². The van der Waals surface area contributed by atoms with Crippen LogP contribution in [0, 0.1) is 6.92 Å². The Bertz CT molecular complexity index is 439. The predicted molar refractivity (Wildman–Crippen MR) is 74.2 cm³/mol. The van der Waals surface area contributed by atoms with Crippen molar-refractivity contribution < 1.29 is 4.79 Å². The van der Waals surface area contributed by atoms with Crippen molar-refractivity contribution in [2.75, 3.05) is 32.7 Å². The Hall–Kier alpha value is -1.06. The maximum Gasteiger partial charge on any atom is 0.255 e. The van der Waals surface area contributed by atoms with Crippen LogP contribution in [-0.4, -0.2) is 48.4 Å². The largest absolute Gasteiger partial charge is 0.336 e. The van der Waals surface area contributed by atoms with Crippen molar-refractivity contribution in [1.82, 2.24) is 9.80 Å². The number of halogens is 1. The summed E-state index contributed by atoms with van der Waals surface area (Å²) in [6.45, 7) is 8.65. The third-order valence-electron chi connectivity index (χ3n) is 3.46. The number of hydrogen-bond donors (Lipinski definition) is 0. The number of likely N-dealkylation sites (N-methyl/N-ethyl adjacent to an activating group) is 1. The van der Waals surface area contributed by atoms with E-state index in [1.807, 2.05) is 30.0 Å². The number of benzene rings is 1. The normalized spacial score (nSPS) is 16.9. The summed E-state index contributed by atoms with van der Waals surface area (Å²) in [6, 6.07) is 5.60. The molecule has 0 saturated carbocycles. The van der Waals surface area contributed by atoms with Crippen LogP contribution in [0.15, 0.2) is 18.2 Å². The lowest BCUT2D eigenvalue weighted by Gasteiger charge is -2.34. The van der Waals surface area contributed by atoms with E-state index in [1.165, 1.54) is 0 Å². The number of amides is 1. The second-order valence-electron chi connectivity index (χ2n) is 4.71. The van der Waals surface area contributed by atoms with Crippen molar-refractivity contribution >= 4 is 17.5 Å². The Balaban J connectivity index is 2.08. The SMILES string of the molecule is CCN1CCN(C(=O)c2ccc(C)cc2Cl)CC1. The molecular formula is C14H19ClN2O. The summed E-state index contributed by atoms with van der Waals surface area (Å²) in [5.74, 6) is 0.0516. The fraction of sp³-hybridized carbons (Fsp3) is 0.500. The fourth-order valence-electron chi connectivity index (χ4n) is 2.23. The molecular weight excluding hydrogens is 248 g/mol. The van der Waals surface area contributed by atoms with Gasteiger partial charge >= 0.3 is 0 Å². The molecule has 1 aliphatic rings. The first-order valence-corrected chi connectivity index (χ1v) is 6.77. The van der Waals surface area contributed by atoms with E-state index in [0.717, 1.165) is 38.3 Å². The molecule has 18 heavy (non-hydrogen) atoms. The van der Waals surface area contributed by atoms with Crippen LogP contribution in [0.3, 0.4) is 0 Å². The molecule has 4 heteroatoms. The summed E-state index contributed by atoms with van der Waals surface area (Å²) >= 11 is 6.14. The van der Waals surface area contributed by atoms with Gasteiger partial charge in [0.2, 0.25) is 0 Å². The second kappa shape index (κ2) is 5.72.